The number of benzene rings is 2. The Morgan fingerprint density at radius 3 is 2.83 bits per heavy atom. The average molecular weight is 342 g/mol. The maximum absolute atomic E-state index is 10.9. The molecule has 0 radical (unpaired) electrons. The van der Waals surface area contributed by atoms with Crippen LogP contribution in [0, 0.1) is 21.4 Å². The Hall–Kier alpha value is -2.75. The number of nitro groups is 1. The lowest BCUT2D eigenvalue weighted by Gasteiger charge is -1.99. The molecule has 3 rings (SSSR count). The predicted molar refractivity (Wildman–Crippen MR) is 91.2 cm³/mol. The van der Waals surface area contributed by atoms with E-state index in [0.29, 0.717) is 21.2 Å². The number of aromatic nitrogens is 1. The molecule has 7 heteroatoms. The molecule has 0 unspecified atom stereocenters. The van der Waals surface area contributed by atoms with E-state index in [9.17, 15) is 15.4 Å². The van der Waals surface area contributed by atoms with Crippen molar-refractivity contribution in [1.82, 2.24) is 4.98 Å². The van der Waals surface area contributed by atoms with E-state index in [2.05, 4.69) is 11.1 Å². The van der Waals surface area contributed by atoms with Gasteiger partial charge in [0.15, 0.2) is 0 Å². The first kappa shape index (κ1) is 15.2. The highest BCUT2D eigenvalue weighted by Gasteiger charge is 2.12. The summed E-state index contributed by atoms with van der Waals surface area (Å²) in [5, 5.41) is 21.2. The zero-order valence-corrected chi connectivity index (χ0v) is 13.1. The third-order valence-electron chi connectivity index (χ3n) is 3.13. The van der Waals surface area contributed by atoms with E-state index in [1.807, 2.05) is 24.3 Å². The minimum absolute atomic E-state index is 0.0813. The number of halogens is 1. The van der Waals surface area contributed by atoms with Crippen molar-refractivity contribution in [1.29, 1.82) is 5.26 Å². The molecular weight excluding hydrogens is 334 g/mol. The SMILES string of the molecule is N#C/C(=C\c1cc([N+](=O)[O-])ccc1Cl)c1nc2ccccc2s1. The maximum atomic E-state index is 10.9. The van der Waals surface area contributed by atoms with Crippen molar-refractivity contribution in [2.75, 3.05) is 0 Å². The van der Waals surface area contributed by atoms with Gasteiger partial charge in [-0.25, -0.2) is 4.98 Å². The summed E-state index contributed by atoms with van der Waals surface area (Å²) in [5.74, 6) is 0. The third-order valence-corrected chi connectivity index (χ3v) is 4.55. The zero-order chi connectivity index (χ0) is 16.4. The van der Waals surface area contributed by atoms with E-state index >= 15 is 0 Å². The van der Waals surface area contributed by atoms with Crippen molar-refractivity contribution in [3.05, 3.63) is 68.2 Å². The lowest BCUT2D eigenvalue weighted by atomic mass is 10.1. The average Bonchev–Trinajstić information content (AvgIpc) is 2.97. The molecule has 3 aromatic rings. The fourth-order valence-electron chi connectivity index (χ4n) is 2.04. The number of rotatable bonds is 3. The van der Waals surface area contributed by atoms with Gasteiger partial charge in [-0.1, -0.05) is 23.7 Å². The number of thiazole rings is 1. The quantitative estimate of drug-likeness (QED) is 0.384. The summed E-state index contributed by atoms with van der Waals surface area (Å²) >= 11 is 7.46. The van der Waals surface area contributed by atoms with Crippen molar-refractivity contribution in [3.8, 4) is 6.07 Å². The van der Waals surface area contributed by atoms with Crippen LogP contribution >= 0.6 is 22.9 Å². The van der Waals surface area contributed by atoms with Gasteiger partial charge in [0.05, 0.1) is 20.7 Å². The van der Waals surface area contributed by atoms with Gasteiger partial charge < -0.3 is 0 Å². The first-order valence-electron chi connectivity index (χ1n) is 6.50. The van der Waals surface area contributed by atoms with E-state index in [-0.39, 0.29) is 5.69 Å². The second-order valence-electron chi connectivity index (χ2n) is 4.62. The van der Waals surface area contributed by atoms with Gasteiger partial charge >= 0.3 is 0 Å². The van der Waals surface area contributed by atoms with Crippen molar-refractivity contribution >= 4 is 50.5 Å². The number of allylic oxidation sites excluding steroid dienone is 1. The molecule has 5 nitrogen and oxygen atoms in total. The number of nitro benzene ring substituents is 1. The Morgan fingerprint density at radius 1 is 1.35 bits per heavy atom. The van der Waals surface area contributed by atoms with Gasteiger partial charge in [0.25, 0.3) is 5.69 Å². The summed E-state index contributed by atoms with van der Waals surface area (Å²) < 4.78 is 0.966. The molecule has 112 valence electrons. The van der Waals surface area contributed by atoms with Gasteiger partial charge in [0.2, 0.25) is 0 Å². The van der Waals surface area contributed by atoms with Crippen molar-refractivity contribution < 1.29 is 4.92 Å². The molecule has 0 atom stereocenters. The number of nitriles is 1. The molecule has 0 saturated carbocycles. The molecule has 23 heavy (non-hydrogen) atoms. The predicted octanol–water partition coefficient (Wildman–Crippen LogP) is 4.92. The molecule has 0 bridgehead atoms. The van der Waals surface area contributed by atoms with E-state index in [4.69, 9.17) is 11.6 Å². The highest BCUT2D eigenvalue weighted by molar-refractivity contribution is 7.19. The molecule has 1 heterocycles. The summed E-state index contributed by atoms with van der Waals surface area (Å²) in [4.78, 5) is 14.8. The molecule has 2 aromatic carbocycles. The largest absolute Gasteiger partial charge is 0.270 e. The lowest BCUT2D eigenvalue weighted by Crippen LogP contribution is -1.89. The van der Waals surface area contributed by atoms with Crippen molar-refractivity contribution in [2.45, 2.75) is 0 Å². The van der Waals surface area contributed by atoms with E-state index < -0.39 is 4.92 Å². The van der Waals surface area contributed by atoms with Gasteiger partial charge in [-0.05, 0) is 24.3 Å². The molecule has 0 aliphatic rings. The highest BCUT2D eigenvalue weighted by Crippen LogP contribution is 2.30. The maximum Gasteiger partial charge on any atom is 0.270 e. The number of para-hydroxylation sites is 1. The molecule has 1 aromatic heterocycles. The van der Waals surface area contributed by atoms with Crippen LogP contribution < -0.4 is 0 Å². The first-order chi connectivity index (χ1) is 11.1. The minimum Gasteiger partial charge on any atom is -0.258 e. The molecule has 0 aliphatic carbocycles. The van der Waals surface area contributed by atoms with Gasteiger partial charge in [-0.15, -0.1) is 11.3 Å². The Kier molecular flexibility index (Phi) is 4.06. The first-order valence-corrected chi connectivity index (χ1v) is 7.69. The number of non-ortho nitro benzene ring substituents is 1. The van der Waals surface area contributed by atoms with E-state index in [1.54, 1.807) is 0 Å². The number of hydrogen-bond acceptors (Lipinski definition) is 5. The molecule has 0 fully saturated rings. The minimum atomic E-state index is -0.503. The van der Waals surface area contributed by atoms with Crippen LogP contribution in [-0.2, 0) is 0 Å². The van der Waals surface area contributed by atoms with Crippen LogP contribution in [0.25, 0.3) is 21.9 Å². The second-order valence-corrected chi connectivity index (χ2v) is 6.06. The number of hydrogen-bond donors (Lipinski definition) is 0. The topological polar surface area (TPSA) is 79.8 Å². The lowest BCUT2D eigenvalue weighted by molar-refractivity contribution is -0.384. The van der Waals surface area contributed by atoms with Gasteiger partial charge in [-0.2, -0.15) is 5.26 Å². The van der Waals surface area contributed by atoms with Crippen LogP contribution in [0.4, 0.5) is 5.69 Å². The Labute approximate surface area is 140 Å². The fraction of sp³-hybridized carbons (Fsp3) is 0. The molecular formula is C16H8ClN3O2S. The van der Waals surface area contributed by atoms with Gasteiger partial charge in [-0.3, -0.25) is 10.1 Å². The molecule has 0 amide bonds. The van der Waals surface area contributed by atoms with Crippen LogP contribution in [0.3, 0.4) is 0 Å². The van der Waals surface area contributed by atoms with Crippen molar-refractivity contribution in [3.63, 3.8) is 0 Å². The molecule has 0 aliphatic heterocycles. The second kappa shape index (κ2) is 6.16. The van der Waals surface area contributed by atoms with Crippen LogP contribution in [0.1, 0.15) is 10.6 Å². The fourth-order valence-corrected chi connectivity index (χ4v) is 3.14. The van der Waals surface area contributed by atoms with Gasteiger partial charge in [0.1, 0.15) is 11.1 Å². The van der Waals surface area contributed by atoms with Gasteiger partial charge in [0, 0.05) is 22.7 Å². The Bertz CT molecular complexity index is 955. The summed E-state index contributed by atoms with van der Waals surface area (Å²) in [5.41, 5.74) is 1.45. The summed E-state index contributed by atoms with van der Waals surface area (Å²) in [6, 6.07) is 13.8. The smallest absolute Gasteiger partial charge is 0.258 e. The van der Waals surface area contributed by atoms with E-state index in [1.165, 1.54) is 35.6 Å². The standard InChI is InChI=1S/C16H8ClN3O2S/c17-13-6-5-12(20(21)22)8-10(13)7-11(9-18)16-19-14-3-1-2-4-15(14)23-16/h1-8H/b11-7+. The van der Waals surface area contributed by atoms with E-state index in [0.717, 1.165) is 10.2 Å². The summed E-state index contributed by atoms with van der Waals surface area (Å²) in [6.45, 7) is 0. The highest BCUT2D eigenvalue weighted by atomic mass is 35.5. The van der Waals surface area contributed by atoms with Crippen LogP contribution in [0.5, 0.6) is 0 Å². The van der Waals surface area contributed by atoms with Crippen molar-refractivity contribution in [2.24, 2.45) is 0 Å². The van der Waals surface area contributed by atoms with Crippen LogP contribution in [0.15, 0.2) is 42.5 Å². The number of fused-ring (bicyclic) bond motifs is 1. The summed E-state index contributed by atoms with van der Waals surface area (Å²) in [6.07, 6.45) is 1.52. The molecule has 0 spiro atoms. The molecule has 0 N–H and O–H groups in total. The number of nitrogens with zero attached hydrogens (tertiary/aromatic N) is 3. The van der Waals surface area contributed by atoms with Crippen LogP contribution in [0.2, 0.25) is 5.02 Å². The van der Waals surface area contributed by atoms with Crippen LogP contribution in [-0.4, -0.2) is 9.91 Å². The third kappa shape index (κ3) is 3.06. The monoisotopic (exact) mass is 341 g/mol. The normalized spacial score (nSPS) is 11.4. The molecule has 0 saturated heterocycles. The Morgan fingerprint density at radius 2 is 2.13 bits per heavy atom. The Balaban J connectivity index is 2.10. The summed E-state index contributed by atoms with van der Waals surface area (Å²) in [7, 11) is 0. The zero-order valence-electron chi connectivity index (χ0n) is 11.6.